The first-order valence-electron chi connectivity index (χ1n) is 8.14. The number of nitrogens with one attached hydrogen (secondary N) is 1. The number of nitrogens with zero attached hydrogens (tertiary/aromatic N) is 3. The van der Waals surface area contributed by atoms with E-state index in [1.807, 2.05) is 48.5 Å². The molecule has 0 bridgehead atoms. The maximum Gasteiger partial charge on any atom is 0.352 e. The van der Waals surface area contributed by atoms with Crippen molar-refractivity contribution in [2.24, 2.45) is 0 Å². The minimum Gasteiger partial charge on any atom is -0.497 e. The lowest BCUT2D eigenvalue weighted by molar-refractivity contribution is -0.132. The highest BCUT2D eigenvalue weighted by molar-refractivity contribution is 9.10. The van der Waals surface area contributed by atoms with E-state index in [1.165, 1.54) is 0 Å². The molecule has 27 heavy (non-hydrogen) atoms. The first-order chi connectivity index (χ1) is 13.0. The minimum atomic E-state index is -1.05. The molecule has 0 radical (unpaired) electrons. The fourth-order valence-corrected chi connectivity index (χ4v) is 3.31. The van der Waals surface area contributed by atoms with Gasteiger partial charge in [-0.3, -0.25) is 0 Å². The molecule has 0 saturated heterocycles. The number of anilines is 1. The number of rotatable bonds is 4. The van der Waals surface area contributed by atoms with Gasteiger partial charge in [0.25, 0.3) is 0 Å². The van der Waals surface area contributed by atoms with Crippen LogP contribution in [-0.4, -0.2) is 33.0 Å². The van der Waals surface area contributed by atoms with E-state index in [2.05, 4.69) is 31.3 Å². The third-order valence-electron chi connectivity index (χ3n) is 4.24. The van der Waals surface area contributed by atoms with Crippen LogP contribution >= 0.6 is 15.9 Å². The van der Waals surface area contributed by atoms with Gasteiger partial charge in [-0.2, -0.15) is 4.98 Å². The van der Waals surface area contributed by atoms with Crippen LogP contribution in [0.25, 0.3) is 11.4 Å². The van der Waals surface area contributed by atoms with Gasteiger partial charge in [0, 0.05) is 10.0 Å². The molecule has 136 valence electrons. The minimum absolute atomic E-state index is 0.0662. The van der Waals surface area contributed by atoms with Gasteiger partial charge in [-0.15, -0.1) is 5.10 Å². The molecule has 2 N–H and O–H groups in total. The van der Waals surface area contributed by atoms with Crippen molar-refractivity contribution in [3.63, 3.8) is 0 Å². The molecule has 2 aromatic carbocycles. The number of aliphatic carboxylic acids is 1. The Morgan fingerprint density at radius 2 is 2.04 bits per heavy atom. The summed E-state index contributed by atoms with van der Waals surface area (Å²) in [4.78, 5) is 16.0. The molecule has 4 rings (SSSR count). The number of hydrogen-bond donors (Lipinski definition) is 2. The standard InChI is InChI=1S/C19H15BrN4O3/c1-27-14-7-5-11(6-8-14)16-10-15(18(25)26)21-19-22-17(23-24(16)19)12-3-2-4-13(20)9-12/h2-10,16H,1H3,(H,25,26)(H,21,22,23)/t16-/m0/s1. The molecule has 7 nitrogen and oxygen atoms in total. The zero-order chi connectivity index (χ0) is 19.0. The van der Waals surface area contributed by atoms with Gasteiger partial charge >= 0.3 is 5.97 Å². The van der Waals surface area contributed by atoms with Gasteiger partial charge in [-0.05, 0) is 35.9 Å². The number of carboxylic acids is 1. The second-order valence-electron chi connectivity index (χ2n) is 5.94. The van der Waals surface area contributed by atoms with Crippen LogP contribution in [0.4, 0.5) is 5.95 Å². The molecule has 2 heterocycles. The van der Waals surface area contributed by atoms with E-state index in [1.54, 1.807) is 17.9 Å². The Kier molecular flexibility index (Phi) is 4.41. The second kappa shape index (κ2) is 6.88. The van der Waals surface area contributed by atoms with Crippen molar-refractivity contribution in [2.75, 3.05) is 12.4 Å². The Bertz CT molecular complexity index is 1040. The molecule has 0 saturated carbocycles. The average Bonchev–Trinajstić information content (AvgIpc) is 3.11. The largest absolute Gasteiger partial charge is 0.497 e. The highest BCUT2D eigenvalue weighted by Gasteiger charge is 2.27. The van der Waals surface area contributed by atoms with Gasteiger partial charge in [0.2, 0.25) is 5.95 Å². The lowest BCUT2D eigenvalue weighted by Gasteiger charge is -2.22. The van der Waals surface area contributed by atoms with E-state index in [9.17, 15) is 9.90 Å². The van der Waals surface area contributed by atoms with E-state index in [4.69, 9.17) is 4.74 Å². The number of hydrogen-bond acceptors (Lipinski definition) is 5. The van der Waals surface area contributed by atoms with E-state index in [-0.39, 0.29) is 5.70 Å². The van der Waals surface area contributed by atoms with Gasteiger partial charge in [0.05, 0.1) is 7.11 Å². The Balaban J connectivity index is 1.80. The number of fused-ring (bicyclic) bond motifs is 1. The summed E-state index contributed by atoms with van der Waals surface area (Å²) >= 11 is 3.44. The van der Waals surface area contributed by atoms with Crippen LogP contribution in [0.2, 0.25) is 0 Å². The highest BCUT2D eigenvalue weighted by atomic mass is 79.9. The fourth-order valence-electron chi connectivity index (χ4n) is 2.91. The summed E-state index contributed by atoms with van der Waals surface area (Å²) in [6.07, 6.45) is 1.62. The number of allylic oxidation sites excluding steroid dienone is 1. The summed E-state index contributed by atoms with van der Waals surface area (Å²) in [6, 6.07) is 14.7. The van der Waals surface area contributed by atoms with Crippen LogP contribution in [-0.2, 0) is 4.79 Å². The maximum absolute atomic E-state index is 11.5. The molecular formula is C19H15BrN4O3. The normalized spacial score (nSPS) is 15.5. The molecule has 0 aliphatic carbocycles. The summed E-state index contributed by atoms with van der Waals surface area (Å²) < 4.78 is 7.80. The number of halogens is 1. The van der Waals surface area contributed by atoms with Crippen molar-refractivity contribution in [1.29, 1.82) is 0 Å². The SMILES string of the molecule is COc1ccc([C@@H]2C=C(C(=O)O)Nc3nc(-c4cccc(Br)c4)nn32)cc1. The van der Waals surface area contributed by atoms with E-state index in [0.717, 1.165) is 21.3 Å². The third kappa shape index (κ3) is 3.31. The zero-order valence-electron chi connectivity index (χ0n) is 14.3. The lowest BCUT2D eigenvalue weighted by atomic mass is 10.0. The summed E-state index contributed by atoms with van der Waals surface area (Å²) in [6.45, 7) is 0. The van der Waals surface area contributed by atoms with Crippen LogP contribution in [0, 0.1) is 0 Å². The molecular weight excluding hydrogens is 412 g/mol. The Morgan fingerprint density at radius 1 is 1.26 bits per heavy atom. The van der Waals surface area contributed by atoms with Gasteiger partial charge in [0.15, 0.2) is 5.82 Å². The monoisotopic (exact) mass is 426 g/mol. The van der Waals surface area contributed by atoms with Crippen molar-refractivity contribution < 1.29 is 14.6 Å². The van der Waals surface area contributed by atoms with Gasteiger partial charge in [-0.25, -0.2) is 9.48 Å². The summed E-state index contributed by atoms with van der Waals surface area (Å²) in [5, 5.41) is 16.9. The van der Waals surface area contributed by atoms with Gasteiger partial charge < -0.3 is 15.2 Å². The van der Waals surface area contributed by atoms with Crippen molar-refractivity contribution in [3.05, 3.63) is 70.3 Å². The fraction of sp³-hybridized carbons (Fsp3) is 0.105. The first kappa shape index (κ1) is 17.3. The number of aromatic nitrogens is 3. The van der Waals surface area contributed by atoms with E-state index >= 15 is 0 Å². The quantitative estimate of drug-likeness (QED) is 0.660. The summed E-state index contributed by atoms with van der Waals surface area (Å²) in [5.41, 5.74) is 1.78. The lowest BCUT2D eigenvalue weighted by Crippen LogP contribution is -2.24. The van der Waals surface area contributed by atoms with E-state index < -0.39 is 12.0 Å². The van der Waals surface area contributed by atoms with E-state index in [0.29, 0.717) is 11.8 Å². The van der Waals surface area contributed by atoms with Crippen molar-refractivity contribution >= 4 is 27.8 Å². The van der Waals surface area contributed by atoms with Crippen LogP contribution in [0.15, 0.2) is 64.8 Å². The molecule has 8 heteroatoms. The summed E-state index contributed by atoms with van der Waals surface area (Å²) in [7, 11) is 1.60. The molecule has 0 spiro atoms. The molecule has 1 aliphatic heterocycles. The molecule has 0 amide bonds. The Labute approximate surface area is 163 Å². The predicted molar refractivity (Wildman–Crippen MR) is 104 cm³/mol. The van der Waals surface area contributed by atoms with Crippen LogP contribution in [0.3, 0.4) is 0 Å². The molecule has 3 aromatic rings. The molecule has 1 atom stereocenters. The van der Waals surface area contributed by atoms with Crippen LogP contribution < -0.4 is 10.1 Å². The molecule has 1 aliphatic rings. The molecule has 0 unspecified atom stereocenters. The first-order valence-corrected chi connectivity index (χ1v) is 8.93. The molecule has 1 aromatic heterocycles. The Morgan fingerprint density at radius 3 is 2.70 bits per heavy atom. The third-order valence-corrected chi connectivity index (χ3v) is 4.73. The highest BCUT2D eigenvalue weighted by Crippen LogP contribution is 2.32. The van der Waals surface area contributed by atoms with Crippen LogP contribution in [0.5, 0.6) is 5.75 Å². The average molecular weight is 427 g/mol. The van der Waals surface area contributed by atoms with Gasteiger partial charge in [0.1, 0.15) is 17.5 Å². The number of benzene rings is 2. The smallest absolute Gasteiger partial charge is 0.352 e. The van der Waals surface area contributed by atoms with Gasteiger partial charge in [-0.1, -0.05) is 40.2 Å². The van der Waals surface area contributed by atoms with Crippen LogP contribution in [0.1, 0.15) is 11.6 Å². The predicted octanol–water partition coefficient (Wildman–Crippen LogP) is 3.70. The van der Waals surface area contributed by atoms with Crippen molar-refractivity contribution in [3.8, 4) is 17.1 Å². The number of ether oxygens (including phenoxy) is 1. The number of methoxy groups -OCH3 is 1. The number of carbonyl (C=O) groups is 1. The van der Waals surface area contributed by atoms with Crippen molar-refractivity contribution in [2.45, 2.75) is 6.04 Å². The Hall–Kier alpha value is -3.13. The maximum atomic E-state index is 11.5. The second-order valence-corrected chi connectivity index (χ2v) is 6.86. The number of carboxylic acid groups (broad SMARTS) is 1. The van der Waals surface area contributed by atoms with Crippen molar-refractivity contribution in [1.82, 2.24) is 14.8 Å². The zero-order valence-corrected chi connectivity index (χ0v) is 15.8. The summed E-state index contributed by atoms with van der Waals surface area (Å²) in [5.74, 6) is 0.568. The topological polar surface area (TPSA) is 89.3 Å². The molecule has 0 fully saturated rings.